The largest absolute Gasteiger partial charge is 0.311 e. The van der Waals surface area contributed by atoms with E-state index in [1.54, 1.807) is 32.1 Å². The number of aryl methyl sites for hydroxylation is 1. The molecule has 3 aromatic rings. The van der Waals surface area contributed by atoms with Gasteiger partial charge in [0.2, 0.25) is 21.1 Å². The van der Waals surface area contributed by atoms with Crippen molar-refractivity contribution in [2.75, 3.05) is 30.3 Å². The summed E-state index contributed by atoms with van der Waals surface area (Å²) in [5, 5.41) is 12.5. The summed E-state index contributed by atoms with van der Waals surface area (Å²) in [6.45, 7) is 2.29. The summed E-state index contributed by atoms with van der Waals surface area (Å²) in [6.07, 6.45) is 3.35. The Morgan fingerprint density at radius 2 is 1.79 bits per heavy atom. The molecule has 1 amide bonds. The smallest absolute Gasteiger partial charge is 0.243 e. The van der Waals surface area contributed by atoms with E-state index in [2.05, 4.69) is 15.5 Å². The molecule has 0 spiro atoms. The summed E-state index contributed by atoms with van der Waals surface area (Å²) in [6, 6.07) is 15.0. The van der Waals surface area contributed by atoms with Gasteiger partial charge in [-0.05, 0) is 65.4 Å². The molecule has 1 aromatic heterocycles. The monoisotopic (exact) mass is 498 g/mol. The molecule has 0 saturated carbocycles. The van der Waals surface area contributed by atoms with E-state index in [-0.39, 0.29) is 11.7 Å². The van der Waals surface area contributed by atoms with Gasteiger partial charge in [0, 0.05) is 25.3 Å². The Balaban J connectivity index is 1.28. The van der Waals surface area contributed by atoms with Crippen molar-refractivity contribution in [3.63, 3.8) is 0 Å². The second-order valence-electron chi connectivity index (χ2n) is 8.44. The van der Waals surface area contributed by atoms with Crippen LogP contribution in [0.15, 0.2) is 58.6 Å². The molecule has 2 aliphatic heterocycles. The molecule has 11 heteroatoms. The topological polar surface area (TPSA) is 101 Å². The molecule has 0 radical (unpaired) electrons. The maximum atomic E-state index is 13.1. The number of benzene rings is 2. The summed E-state index contributed by atoms with van der Waals surface area (Å²) in [5.74, 6) is 0.151. The lowest BCUT2D eigenvalue weighted by atomic mass is 10.0. The number of amides is 1. The molecule has 3 heterocycles. The number of sulfonamides is 1. The van der Waals surface area contributed by atoms with Gasteiger partial charge >= 0.3 is 0 Å². The van der Waals surface area contributed by atoms with E-state index in [1.807, 2.05) is 30.3 Å². The van der Waals surface area contributed by atoms with E-state index < -0.39 is 10.0 Å². The van der Waals surface area contributed by atoms with Crippen molar-refractivity contribution in [1.29, 1.82) is 0 Å². The third-order valence-corrected chi connectivity index (χ3v) is 9.01. The zero-order valence-electron chi connectivity index (χ0n) is 18.7. The molecule has 0 aliphatic carbocycles. The van der Waals surface area contributed by atoms with Crippen molar-refractivity contribution < 1.29 is 13.2 Å². The normalized spacial score (nSPS) is 16.5. The highest BCUT2D eigenvalue weighted by Crippen LogP contribution is 2.32. The highest BCUT2D eigenvalue weighted by molar-refractivity contribution is 7.99. The van der Waals surface area contributed by atoms with Gasteiger partial charge < -0.3 is 4.90 Å². The van der Waals surface area contributed by atoms with Gasteiger partial charge in [-0.15, -0.1) is 5.10 Å². The van der Waals surface area contributed by atoms with E-state index in [0.29, 0.717) is 36.2 Å². The van der Waals surface area contributed by atoms with Gasteiger partial charge in [0.05, 0.1) is 17.2 Å². The minimum atomic E-state index is -3.48. The van der Waals surface area contributed by atoms with Gasteiger partial charge in [0.1, 0.15) is 0 Å². The van der Waals surface area contributed by atoms with E-state index in [1.165, 1.54) is 11.8 Å². The van der Waals surface area contributed by atoms with Gasteiger partial charge in [-0.2, -0.15) is 4.31 Å². The molecule has 2 aromatic carbocycles. The lowest BCUT2D eigenvalue weighted by Crippen LogP contribution is -2.37. The quantitative estimate of drug-likeness (QED) is 0.462. The van der Waals surface area contributed by atoms with Crippen LogP contribution in [0, 0.1) is 0 Å². The zero-order valence-corrected chi connectivity index (χ0v) is 20.3. The molecule has 178 valence electrons. The van der Waals surface area contributed by atoms with Crippen molar-refractivity contribution in [2.45, 2.75) is 42.3 Å². The Kier molecular flexibility index (Phi) is 6.66. The molecule has 9 nitrogen and oxygen atoms in total. The second kappa shape index (κ2) is 9.85. The molecule has 34 heavy (non-hydrogen) atoms. The minimum Gasteiger partial charge on any atom is -0.311 e. The summed E-state index contributed by atoms with van der Waals surface area (Å²) >= 11 is 1.31. The first kappa shape index (κ1) is 23.0. The summed E-state index contributed by atoms with van der Waals surface area (Å²) < 4.78 is 29.1. The van der Waals surface area contributed by atoms with Crippen molar-refractivity contribution in [3.05, 3.63) is 59.7 Å². The molecule has 2 aliphatic rings. The standard InChI is InChI=1S/C23H26N6O3S2/c30-22(17-33-23-24-25-26-29(23)16-18-7-2-1-3-8-18)28-14-6-9-19-15-20(10-11-21(19)28)34(31,32)27-12-4-5-13-27/h1-3,7-8,10-11,15H,4-6,9,12-14,16-17H2. The first-order valence-electron chi connectivity index (χ1n) is 11.4. The average molecular weight is 499 g/mol. The predicted octanol–water partition coefficient (Wildman–Crippen LogP) is 2.58. The van der Waals surface area contributed by atoms with E-state index in [4.69, 9.17) is 0 Å². The second-order valence-corrected chi connectivity index (χ2v) is 11.3. The first-order chi connectivity index (χ1) is 16.5. The number of nitrogens with zero attached hydrogens (tertiary/aromatic N) is 6. The molecular weight excluding hydrogens is 472 g/mol. The Labute approximate surface area is 203 Å². The van der Waals surface area contributed by atoms with Crippen LogP contribution in [0.4, 0.5) is 5.69 Å². The third-order valence-electron chi connectivity index (χ3n) is 6.17. The average Bonchev–Trinajstić information content (AvgIpc) is 3.55. The predicted molar refractivity (Wildman–Crippen MR) is 129 cm³/mol. The Morgan fingerprint density at radius 3 is 2.59 bits per heavy atom. The fraction of sp³-hybridized carbons (Fsp3) is 0.391. The number of tetrazole rings is 1. The molecular formula is C23H26N6O3S2. The summed E-state index contributed by atoms with van der Waals surface area (Å²) in [7, 11) is -3.48. The van der Waals surface area contributed by atoms with E-state index >= 15 is 0 Å². The minimum absolute atomic E-state index is 0.0460. The van der Waals surface area contributed by atoms with E-state index in [9.17, 15) is 13.2 Å². The number of hydrogen-bond donors (Lipinski definition) is 0. The van der Waals surface area contributed by atoms with Crippen LogP contribution in [-0.4, -0.2) is 64.2 Å². The fourth-order valence-corrected chi connectivity index (χ4v) is 6.75. The molecule has 0 bridgehead atoms. The Morgan fingerprint density at radius 1 is 1.00 bits per heavy atom. The number of carbonyl (C=O) groups is 1. The van der Waals surface area contributed by atoms with Crippen molar-refractivity contribution in [3.8, 4) is 0 Å². The maximum absolute atomic E-state index is 13.1. The van der Waals surface area contributed by atoms with Crippen molar-refractivity contribution in [2.24, 2.45) is 0 Å². The highest BCUT2D eigenvalue weighted by Gasteiger charge is 2.30. The number of fused-ring (bicyclic) bond motifs is 1. The molecule has 0 N–H and O–H groups in total. The summed E-state index contributed by atoms with van der Waals surface area (Å²) in [5.41, 5.74) is 2.77. The molecule has 0 unspecified atom stereocenters. The number of anilines is 1. The van der Waals surface area contributed by atoms with Crippen LogP contribution >= 0.6 is 11.8 Å². The zero-order chi connectivity index (χ0) is 23.5. The molecule has 5 rings (SSSR count). The molecule has 1 fully saturated rings. The van der Waals surface area contributed by atoms with Crippen molar-refractivity contribution >= 4 is 33.4 Å². The maximum Gasteiger partial charge on any atom is 0.243 e. The number of aromatic nitrogens is 4. The Hall–Kier alpha value is -2.76. The van der Waals surface area contributed by atoms with Crippen LogP contribution in [-0.2, 0) is 27.8 Å². The van der Waals surface area contributed by atoms with E-state index in [0.717, 1.165) is 42.5 Å². The van der Waals surface area contributed by atoms with Gasteiger partial charge in [0.25, 0.3) is 0 Å². The van der Waals surface area contributed by atoms with Crippen LogP contribution in [0.1, 0.15) is 30.4 Å². The third kappa shape index (κ3) is 4.73. The molecule has 0 atom stereocenters. The van der Waals surface area contributed by atoms with Crippen LogP contribution in [0.5, 0.6) is 0 Å². The van der Waals surface area contributed by atoms with Gasteiger partial charge in [-0.1, -0.05) is 42.1 Å². The van der Waals surface area contributed by atoms with Crippen LogP contribution in [0.2, 0.25) is 0 Å². The molecule has 1 saturated heterocycles. The number of hydrogen-bond acceptors (Lipinski definition) is 7. The number of rotatable bonds is 7. The Bertz CT molecular complexity index is 1270. The SMILES string of the molecule is O=C(CSc1nnnn1Cc1ccccc1)N1CCCc2cc(S(=O)(=O)N3CCCC3)ccc21. The van der Waals surface area contributed by atoms with Crippen molar-refractivity contribution in [1.82, 2.24) is 24.5 Å². The highest BCUT2D eigenvalue weighted by atomic mass is 32.2. The van der Waals surface area contributed by atoms with Gasteiger partial charge in [-0.25, -0.2) is 13.1 Å². The fourth-order valence-electron chi connectivity index (χ4n) is 4.43. The van der Waals surface area contributed by atoms with Crippen LogP contribution in [0.3, 0.4) is 0 Å². The van der Waals surface area contributed by atoms with Crippen LogP contribution < -0.4 is 4.90 Å². The lowest BCUT2D eigenvalue weighted by Gasteiger charge is -2.30. The summed E-state index contributed by atoms with van der Waals surface area (Å²) in [4.78, 5) is 15.2. The van der Waals surface area contributed by atoms with Crippen LogP contribution in [0.25, 0.3) is 0 Å². The lowest BCUT2D eigenvalue weighted by molar-refractivity contribution is -0.116. The van der Waals surface area contributed by atoms with Gasteiger partial charge in [-0.3, -0.25) is 4.79 Å². The number of carbonyl (C=O) groups excluding carboxylic acids is 1. The number of thioether (sulfide) groups is 1. The van der Waals surface area contributed by atoms with Gasteiger partial charge in [0.15, 0.2) is 0 Å². The first-order valence-corrected chi connectivity index (χ1v) is 13.8.